The van der Waals surface area contributed by atoms with E-state index in [-0.39, 0.29) is 0 Å². The molecule has 3 aromatic rings. The number of piperidine rings is 1. The van der Waals surface area contributed by atoms with Crippen LogP contribution >= 0.6 is 0 Å². The molecule has 0 unspecified atom stereocenters. The third-order valence-corrected chi connectivity index (χ3v) is 4.72. The van der Waals surface area contributed by atoms with Crippen molar-refractivity contribution in [2.75, 3.05) is 25.1 Å². The van der Waals surface area contributed by atoms with Gasteiger partial charge in [-0.1, -0.05) is 6.07 Å². The molecular formula is C19H22N6O. The average Bonchev–Trinajstić information content (AvgIpc) is 3.15. The van der Waals surface area contributed by atoms with Crippen molar-refractivity contribution in [1.29, 1.82) is 0 Å². The largest absolute Gasteiger partial charge is 0.381 e. The Morgan fingerprint density at radius 3 is 2.54 bits per heavy atom. The van der Waals surface area contributed by atoms with Gasteiger partial charge in [0.1, 0.15) is 0 Å². The Labute approximate surface area is 152 Å². The van der Waals surface area contributed by atoms with Crippen molar-refractivity contribution in [2.45, 2.75) is 25.9 Å². The van der Waals surface area contributed by atoms with Gasteiger partial charge in [0, 0.05) is 32.5 Å². The number of aryl methyl sites for hydroxylation is 1. The van der Waals surface area contributed by atoms with Gasteiger partial charge < -0.3 is 9.64 Å². The number of ether oxygens (including phenoxy) is 1. The summed E-state index contributed by atoms with van der Waals surface area (Å²) in [6, 6.07) is 11.8. The van der Waals surface area contributed by atoms with E-state index in [1.165, 1.54) is 0 Å². The quantitative estimate of drug-likeness (QED) is 0.720. The fourth-order valence-electron chi connectivity index (χ4n) is 3.22. The first kappa shape index (κ1) is 16.7. The van der Waals surface area contributed by atoms with Crippen molar-refractivity contribution >= 4 is 5.82 Å². The number of methoxy groups -OCH3 is 1. The molecule has 0 aliphatic carbocycles. The first-order valence-electron chi connectivity index (χ1n) is 8.84. The normalized spacial score (nSPS) is 15.4. The van der Waals surface area contributed by atoms with E-state index in [0.29, 0.717) is 11.9 Å². The SMILES string of the molecule is COC1CCN(c2cc(-c3ccccn3)n(-c3ccc(C)nn3)n2)CC1. The number of aromatic nitrogens is 5. The minimum Gasteiger partial charge on any atom is -0.381 e. The maximum atomic E-state index is 5.47. The minimum atomic E-state index is 0.339. The molecule has 1 aliphatic heterocycles. The van der Waals surface area contributed by atoms with Crippen molar-refractivity contribution < 1.29 is 4.74 Å². The van der Waals surface area contributed by atoms with Gasteiger partial charge in [-0.15, -0.1) is 10.2 Å². The molecule has 4 heterocycles. The van der Waals surface area contributed by atoms with Gasteiger partial charge in [0.25, 0.3) is 0 Å². The average molecular weight is 350 g/mol. The van der Waals surface area contributed by atoms with Crippen LogP contribution in [-0.2, 0) is 4.74 Å². The van der Waals surface area contributed by atoms with Crippen LogP contribution < -0.4 is 4.90 Å². The zero-order valence-corrected chi connectivity index (χ0v) is 15.0. The molecule has 0 aromatic carbocycles. The van der Waals surface area contributed by atoms with Gasteiger partial charge in [-0.2, -0.15) is 5.10 Å². The molecule has 134 valence electrons. The molecule has 1 aliphatic rings. The zero-order chi connectivity index (χ0) is 17.9. The molecule has 0 bridgehead atoms. The Balaban J connectivity index is 1.72. The molecule has 7 nitrogen and oxygen atoms in total. The van der Waals surface area contributed by atoms with Gasteiger partial charge in [-0.25, -0.2) is 4.68 Å². The van der Waals surface area contributed by atoms with Crippen LogP contribution in [0.4, 0.5) is 5.82 Å². The van der Waals surface area contributed by atoms with Crippen LogP contribution in [0.25, 0.3) is 17.2 Å². The maximum absolute atomic E-state index is 5.47. The molecule has 4 rings (SSSR count). The zero-order valence-electron chi connectivity index (χ0n) is 15.0. The molecule has 0 saturated carbocycles. The van der Waals surface area contributed by atoms with Crippen LogP contribution in [0.2, 0.25) is 0 Å². The van der Waals surface area contributed by atoms with E-state index >= 15 is 0 Å². The fourth-order valence-corrected chi connectivity index (χ4v) is 3.22. The highest BCUT2D eigenvalue weighted by Crippen LogP contribution is 2.27. The molecule has 1 fully saturated rings. The van der Waals surface area contributed by atoms with Crippen molar-refractivity contribution in [2.24, 2.45) is 0 Å². The van der Waals surface area contributed by atoms with E-state index in [1.807, 2.05) is 41.9 Å². The summed E-state index contributed by atoms with van der Waals surface area (Å²) in [5, 5.41) is 13.3. The summed E-state index contributed by atoms with van der Waals surface area (Å²) in [4.78, 5) is 6.78. The smallest absolute Gasteiger partial charge is 0.176 e. The van der Waals surface area contributed by atoms with Crippen LogP contribution in [-0.4, -0.2) is 51.3 Å². The standard InChI is InChI=1S/C19H22N6O/c1-14-6-7-18(22-21-14)25-17(16-5-3-4-10-20-16)13-19(23-25)24-11-8-15(26-2)9-12-24/h3-7,10,13,15H,8-9,11-12H2,1-2H3. The Morgan fingerprint density at radius 2 is 1.88 bits per heavy atom. The Bertz CT molecular complexity index is 853. The summed E-state index contributed by atoms with van der Waals surface area (Å²) in [6.45, 7) is 3.78. The summed E-state index contributed by atoms with van der Waals surface area (Å²) >= 11 is 0. The van der Waals surface area contributed by atoms with E-state index in [1.54, 1.807) is 13.3 Å². The number of nitrogens with zero attached hydrogens (tertiary/aromatic N) is 6. The Kier molecular flexibility index (Phi) is 4.62. The molecule has 0 atom stereocenters. The van der Waals surface area contributed by atoms with Crippen LogP contribution in [0.15, 0.2) is 42.6 Å². The van der Waals surface area contributed by atoms with E-state index in [4.69, 9.17) is 9.84 Å². The van der Waals surface area contributed by atoms with Crippen molar-refractivity contribution in [1.82, 2.24) is 25.0 Å². The summed E-state index contributed by atoms with van der Waals surface area (Å²) in [5.74, 6) is 1.62. The van der Waals surface area contributed by atoms with Gasteiger partial charge in [0.2, 0.25) is 0 Å². The summed E-state index contributed by atoms with van der Waals surface area (Å²) in [6.07, 6.45) is 4.14. The number of hydrogen-bond donors (Lipinski definition) is 0. The summed E-state index contributed by atoms with van der Waals surface area (Å²) in [5.41, 5.74) is 2.65. The van der Waals surface area contributed by atoms with Crippen molar-refractivity contribution in [3.63, 3.8) is 0 Å². The molecule has 7 heteroatoms. The van der Waals surface area contributed by atoms with Gasteiger partial charge in [-0.3, -0.25) is 4.98 Å². The molecule has 26 heavy (non-hydrogen) atoms. The Morgan fingerprint density at radius 1 is 1.04 bits per heavy atom. The summed E-state index contributed by atoms with van der Waals surface area (Å²) < 4.78 is 7.30. The molecule has 3 aromatic heterocycles. The van der Waals surface area contributed by atoms with E-state index in [0.717, 1.165) is 48.8 Å². The number of rotatable bonds is 4. The molecule has 0 amide bonds. The number of hydrogen-bond acceptors (Lipinski definition) is 6. The maximum Gasteiger partial charge on any atom is 0.176 e. The molecular weight excluding hydrogens is 328 g/mol. The predicted molar refractivity (Wildman–Crippen MR) is 99.4 cm³/mol. The second-order valence-electron chi connectivity index (χ2n) is 6.47. The third kappa shape index (κ3) is 3.30. The topological polar surface area (TPSA) is 69.0 Å². The van der Waals surface area contributed by atoms with Crippen molar-refractivity contribution in [3.05, 3.63) is 48.3 Å². The number of pyridine rings is 1. The monoisotopic (exact) mass is 350 g/mol. The Hall–Kier alpha value is -2.80. The second kappa shape index (κ2) is 7.21. The molecule has 0 N–H and O–H groups in total. The van der Waals surface area contributed by atoms with Crippen LogP contribution in [0.5, 0.6) is 0 Å². The second-order valence-corrected chi connectivity index (χ2v) is 6.47. The third-order valence-electron chi connectivity index (χ3n) is 4.72. The van der Waals surface area contributed by atoms with E-state index in [2.05, 4.69) is 26.1 Å². The lowest BCUT2D eigenvalue weighted by Crippen LogP contribution is -2.36. The van der Waals surface area contributed by atoms with Crippen LogP contribution in [0, 0.1) is 6.92 Å². The van der Waals surface area contributed by atoms with Gasteiger partial charge >= 0.3 is 0 Å². The minimum absolute atomic E-state index is 0.339. The molecule has 1 saturated heterocycles. The highest BCUT2D eigenvalue weighted by molar-refractivity contribution is 5.62. The van der Waals surface area contributed by atoms with Crippen LogP contribution in [0.3, 0.4) is 0 Å². The van der Waals surface area contributed by atoms with E-state index < -0.39 is 0 Å². The predicted octanol–water partition coefficient (Wildman–Crippen LogP) is 2.65. The fraction of sp³-hybridized carbons (Fsp3) is 0.368. The van der Waals surface area contributed by atoms with Crippen molar-refractivity contribution in [3.8, 4) is 17.2 Å². The van der Waals surface area contributed by atoms with Crippen LogP contribution in [0.1, 0.15) is 18.5 Å². The first-order valence-corrected chi connectivity index (χ1v) is 8.84. The molecule has 0 spiro atoms. The van der Waals surface area contributed by atoms with Gasteiger partial charge in [0.15, 0.2) is 11.6 Å². The number of anilines is 1. The van der Waals surface area contributed by atoms with Gasteiger partial charge in [0.05, 0.1) is 23.2 Å². The van der Waals surface area contributed by atoms with Gasteiger partial charge in [-0.05, 0) is 44.0 Å². The highest BCUT2D eigenvalue weighted by atomic mass is 16.5. The lowest BCUT2D eigenvalue weighted by molar-refractivity contribution is 0.0818. The van der Waals surface area contributed by atoms with E-state index in [9.17, 15) is 0 Å². The first-order chi connectivity index (χ1) is 12.7. The summed E-state index contributed by atoms with van der Waals surface area (Å²) in [7, 11) is 1.78. The molecule has 0 radical (unpaired) electrons. The lowest BCUT2D eigenvalue weighted by Gasteiger charge is -2.31. The lowest BCUT2D eigenvalue weighted by atomic mass is 10.1. The highest BCUT2D eigenvalue weighted by Gasteiger charge is 2.23.